The Labute approximate surface area is 91.4 Å². The van der Waals surface area contributed by atoms with Crippen molar-refractivity contribution in [3.8, 4) is 0 Å². The highest BCUT2D eigenvalue weighted by molar-refractivity contribution is 7.99. The van der Waals surface area contributed by atoms with Crippen LogP contribution in [0.25, 0.3) is 0 Å². The SMILES string of the molecule is NC1CCCC(NCC2CCSC2)C1. The van der Waals surface area contributed by atoms with Gasteiger partial charge in [0.1, 0.15) is 0 Å². The summed E-state index contributed by atoms with van der Waals surface area (Å²) >= 11 is 2.10. The zero-order chi connectivity index (χ0) is 9.80. The van der Waals surface area contributed by atoms with Crippen LogP contribution in [-0.4, -0.2) is 30.1 Å². The van der Waals surface area contributed by atoms with E-state index in [1.54, 1.807) is 0 Å². The topological polar surface area (TPSA) is 38.0 Å². The molecule has 0 bridgehead atoms. The van der Waals surface area contributed by atoms with Crippen LogP contribution in [0.2, 0.25) is 0 Å². The molecular formula is C11H22N2S. The molecular weight excluding hydrogens is 192 g/mol. The van der Waals surface area contributed by atoms with E-state index in [0.717, 1.165) is 5.92 Å². The Kier molecular flexibility index (Phi) is 4.14. The molecule has 2 aliphatic rings. The van der Waals surface area contributed by atoms with E-state index < -0.39 is 0 Å². The van der Waals surface area contributed by atoms with Crippen molar-refractivity contribution < 1.29 is 0 Å². The van der Waals surface area contributed by atoms with Gasteiger partial charge in [0.15, 0.2) is 0 Å². The summed E-state index contributed by atoms with van der Waals surface area (Å²) in [5.74, 6) is 3.67. The molecule has 3 atom stereocenters. The van der Waals surface area contributed by atoms with Gasteiger partial charge in [-0.2, -0.15) is 11.8 Å². The number of nitrogens with two attached hydrogens (primary N) is 1. The van der Waals surface area contributed by atoms with Gasteiger partial charge in [-0.3, -0.25) is 0 Å². The fourth-order valence-electron chi connectivity index (χ4n) is 2.49. The molecule has 1 aliphatic carbocycles. The van der Waals surface area contributed by atoms with Gasteiger partial charge in [-0.25, -0.2) is 0 Å². The summed E-state index contributed by atoms with van der Waals surface area (Å²) in [6, 6.07) is 1.17. The van der Waals surface area contributed by atoms with E-state index in [0.29, 0.717) is 12.1 Å². The van der Waals surface area contributed by atoms with Crippen molar-refractivity contribution in [3.05, 3.63) is 0 Å². The molecule has 82 valence electrons. The maximum Gasteiger partial charge on any atom is 0.00819 e. The van der Waals surface area contributed by atoms with E-state index in [1.165, 1.54) is 50.2 Å². The maximum absolute atomic E-state index is 5.96. The lowest BCUT2D eigenvalue weighted by Gasteiger charge is -2.28. The molecule has 3 unspecified atom stereocenters. The van der Waals surface area contributed by atoms with Crippen LogP contribution in [0, 0.1) is 5.92 Å². The van der Waals surface area contributed by atoms with Crippen molar-refractivity contribution >= 4 is 11.8 Å². The Morgan fingerprint density at radius 3 is 2.93 bits per heavy atom. The number of hydrogen-bond acceptors (Lipinski definition) is 3. The fourth-order valence-corrected chi connectivity index (χ4v) is 3.78. The van der Waals surface area contributed by atoms with Crippen LogP contribution in [-0.2, 0) is 0 Å². The molecule has 3 heteroatoms. The molecule has 0 aromatic carbocycles. The van der Waals surface area contributed by atoms with Gasteiger partial charge in [-0.15, -0.1) is 0 Å². The first-order chi connectivity index (χ1) is 6.84. The molecule has 1 heterocycles. The highest BCUT2D eigenvalue weighted by Gasteiger charge is 2.21. The average Bonchev–Trinajstić information content (AvgIpc) is 2.67. The third-order valence-corrected chi connectivity index (χ3v) is 4.67. The van der Waals surface area contributed by atoms with Crippen LogP contribution >= 0.6 is 11.8 Å². The van der Waals surface area contributed by atoms with Crippen molar-refractivity contribution in [1.29, 1.82) is 0 Å². The van der Waals surface area contributed by atoms with Gasteiger partial charge in [-0.05, 0) is 49.7 Å². The summed E-state index contributed by atoms with van der Waals surface area (Å²) in [5, 5.41) is 3.70. The molecule has 2 nitrogen and oxygen atoms in total. The van der Waals surface area contributed by atoms with Crippen LogP contribution in [0.1, 0.15) is 32.1 Å². The first-order valence-electron chi connectivity index (χ1n) is 5.91. The summed E-state index contributed by atoms with van der Waals surface area (Å²) in [4.78, 5) is 0. The van der Waals surface area contributed by atoms with E-state index in [-0.39, 0.29) is 0 Å². The van der Waals surface area contributed by atoms with Crippen LogP contribution in [0.4, 0.5) is 0 Å². The number of hydrogen-bond donors (Lipinski definition) is 2. The van der Waals surface area contributed by atoms with Gasteiger partial charge in [0, 0.05) is 12.1 Å². The minimum Gasteiger partial charge on any atom is -0.328 e. The minimum absolute atomic E-state index is 0.458. The third kappa shape index (κ3) is 3.14. The lowest BCUT2D eigenvalue weighted by Crippen LogP contribution is -2.41. The molecule has 0 amide bonds. The first-order valence-corrected chi connectivity index (χ1v) is 7.07. The predicted molar refractivity (Wildman–Crippen MR) is 63.7 cm³/mol. The van der Waals surface area contributed by atoms with Crippen molar-refractivity contribution in [3.63, 3.8) is 0 Å². The van der Waals surface area contributed by atoms with E-state index in [9.17, 15) is 0 Å². The van der Waals surface area contributed by atoms with Crippen molar-refractivity contribution in [1.82, 2.24) is 5.32 Å². The second kappa shape index (κ2) is 5.38. The molecule has 1 aliphatic heterocycles. The second-order valence-corrected chi connectivity index (χ2v) is 5.91. The first kappa shape index (κ1) is 10.8. The van der Waals surface area contributed by atoms with Gasteiger partial charge in [0.05, 0.1) is 0 Å². The molecule has 2 fully saturated rings. The van der Waals surface area contributed by atoms with E-state index in [2.05, 4.69) is 17.1 Å². The van der Waals surface area contributed by atoms with Gasteiger partial charge >= 0.3 is 0 Å². The minimum atomic E-state index is 0.458. The average molecular weight is 214 g/mol. The lowest BCUT2D eigenvalue weighted by atomic mass is 9.91. The number of rotatable bonds is 3. The van der Waals surface area contributed by atoms with Gasteiger partial charge in [-0.1, -0.05) is 6.42 Å². The zero-order valence-electron chi connectivity index (χ0n) is 8.87. The molecule has 0 aromatic rings. The smallest absolute Gasteiger partial charge is 0.00819 e. The maximum atomic E-state index is 5.96. The zero-order valence-corrected chi connectivity index (χ0v) is 9.69. The van der Waals surface area contributed by atoms with Gasteiger partial charge < -0.3 is 11.1 Å². The largest absolute Gasteiger partial charge is 0.328 e. The Bertz CT molecular complexity index is 169. The fraction of sp³-hybridized carbons (Fsp3) is 1.00. The standard InChI is InChI=1S/C11H22N2S/c12-10-2-1-3-11(6-10)13-7-9-4-5-14-8-9/h9-11,13H,1-8,12H2. The van der Waals surface area contributed by atoms with Crippen molar-refractivity contribution in [2.75, 3.05) is 18.1 Å². The van der Waals surface area contributed by atoms with Gasteiger partial charge in [0.25, 0.3) is 0 Å². The molecule has 1 saturated heterocycles. The highest BCUT2D eigenvalue weighted by Crippen LogP contribution is 2.23. The second-order valence-electron chi connectivity index (χ2n) is 4.76. The van der Waals surface area contributed by atoms with Crippen LogP contribution < -0.4 is 11.1 Å². The lowest BCUT2D eigenvalue weighted by molar-refractivity contribution is 0.326. The summed E-state index contributed by atoms with van der Waals surface area (Å²) in [6.45, 7) is 1.23. The predicted octanol–water partition coefficient (Wildman–Crippen LogP) is 1.60. The van der Waals surface area contributed by atoms with E-state index in [1.807, 2.05) is 0 Å². The number of nitrogens with one attached hydrogen (secondary N) is 1. The summed E-state index contributed by atoms with van der Waals surface area (Å²) in [6.07, 6.45) is 6.50. The molecule has 1 saturated carbocycles. The molecule has 0 aromatic heterocycles. The molecule has 3 N–H and O–H groups in total. The summed E-state index contributed by atoms with van der Waals surface area (Å²) in [7, 11) is 0. The molecule has 2 rings (SSSR count). The van der Waals surface area contributed by atoms with E-state index in [4.69, 9.17) is 5.73 Å². The van der Waals surface area contributed by atoms with E-state index >= 15 is 0 Å². The van der Waals surface area contributed by atoms with Crippen LogP contribution in [0.5, 0.6) is 0 Å². The van der Waals surface area contributed by atoms with Crippen molar-refractivity contribution in [2.24, 2.45) is 11.7 Å². The third-order valence-electron chi connectivity index (χ3n) is 3.43. The van der Waals surface area contributed by atoms with Crippen LogP contribution in [0.3, 0.4) is 0 Å². The summed E-state index contributed by atoms with van der Waals surface area (Å²) in [5.41, 5.74) is 5.96. The Morgan fingerprint density at radius 1 is 1.29 bits per heavy atom. The summed E-state index contributed by atoms with van der Waals surface area (Å²) < 4.78 is 0. The monoisotopic (exact) mass is 214 g/mol. The Morgan fingerprint density at radius 2 is 2.21 bits per heavy atom. The van der Waals surface area contributed by atoms with Crippen LogP contribution in [0.15, 0.2) is 0 Å². The van der Waals surface area contributed by atoms with Gasteiger partial charge in [0.2, 0.25) is 0 Å². The molecule has 0 radical (unpaired) electrons. The quantitative estimate of drug-likeness (QED) is 0.749. The molecule has 0 spiro atoms. The normalized spacial score (nSPS) is 38.8. The Balaban J connectivity index is 1.64. The Hall–Kier alpha value is 0.270. The number of thioether (sulfide) groups is 1. The highest BCUT2D eigenvalue weighted by atomic mass is 32.2. The molecule has 14 heavy (non-hydrogen) atoms. The van der Waals surface area contributed by atoms with Crippen molar-refractivity contribution in [2.45, 2.75) is 44.2 Å².